The van der Waals surface area contributed by atoms with Gasteiger partial charge in [-0.05, 0) is 24.3 Å². The van der Waals surface area contributed by atoms with Gasteiger partial charge in [0, 0.05) is 6.07 Å². The molecule has 5 heteroatoms. The number of hydrogen-bond donors (Lipinski definition) is 0. The van der Waals surface area contributed by atoms with E-state index in [-0.39, 0.29) is 12.9 Å². The SMILES string of the molecule is c1ccc2c(c1)OC[C@H](COc1ccc3c(c1)OCO3)O2. The Morgan fingerprint density at radius 2 is 1.71 bits per heavy atom. The average molecular weight is 286 g/mol. The third-order valence-electron chi connectivity index (χ3n) is 3.35. The lowest BCUT2D eigenvalue weighted by atomic mass is 10.2. The summed E-state index contributed by atoms with van der Waals surface area (Å²) in [5, 5.41) is 0. The Kier molecular flexibility index (Phi) is 2.96. The zero-order valence-corrected chi connectivity index (χ0v) is 11.3. The molecule has 0 bridgehead atoms. The lowest BCUT2D eigenvalue weighted by molar-refractivity contribution is 0.0535. The van der Waals surface area contributed by atoms with Crippen LogP contribution in [0.5, 0.6) is 28.7 Å². The maximum absolute atomic E-state index is 5.84. The summed E-state index contributed by atoms with van der Waals surface area (Å²) in [6.45, 7) is 1.14. The first-order valence-electron chi connectivity index (χ1n) is 6.79. The van der Waals surface area contributed by atoms with Gasteiger partial charge in [-0.25, -0.2) is 0 Å². The lowest BCUT2D eigenvalue weighted by Crippen LogP contribution is -2.34. The highest BCUT2D eigenvalue weighted by Gasteiger charge is 2.21. The Morgan fingerprint density at radius 1 is 0.905 bits per heavy atom. The van der Waals surface area contributed by atoms with Gasteiger partial charge in [-0.1, -0.05) is 12.1 Å². The van der Waals surface area contributed by atoms with Gasteiger partial charge in [0.25, 0.3) is 0 Å². The number of hydrogen-bond acceptors (Lipinski definition) is 5. The third-order valence-corrected chi connectivity index (χ3v) is 3.35. The van der Waals surface area contributed by atoms with Crippen LogP contribution in [0, 0.1) is 0 Å². The standard InChI is InChI=1S/C16H14O5/c1-2-4-15-13(3-1)18-9-12(21-15)8-17-11-5-6-14-16(7-11)20-10-19-14/h1-7,12H,8-10H2/t12-/m0/s1. The van der Waals surface area contributed by atoms with Crippen molar-refractivity contribution in [1.82, 2.24) is 0 Å². The maximum atomic E-state index is 5.84. The molecular weight excluding hydrogens is 272 g/mol. The van der Waals surface area contributed by atoms with Crippen LogP contribution in [0.25, 0.3) is 0 Å². The van der Waals surface area contributed by atoms with E-state index in [0.717, 1.165) is 23.0 Å². The van der Waals surface area contributed by atoms with Crippen LogP contribution in [0.3, 0.4) is 0 Å². The summed E-state index contributed by atoms with van der Waals surface area (Å²) in [6, 6.07) is 13.1. The molecule has 0 amide bonds. The van der Waals surface area contributed by atoms with Crippen LogP contribution in [0.1, 0.15) is 0 Å². The first-order chi connectivity index (χ1) is 10.4. The predicted octanol–water partition coefficient (Wildman–Crippen LogP) is 2.63. The first kappa shape index (κ1) is 12.2. The number of rotatable bonds is 3. The van der Waals surface area contributed by atoms with E-state index in [1.165, 1.54) is 0 Å². The second-order valence-electron chi connectivity index (χ2n) is 4.82. The highest BCUT2D eigenvalue weighted by molar-refractivity contribution is 5.47. The molecule has 2 aromatic carbocycles. The molecule has 0 spiro atoms. The predicted molar refractivity (Wildman–Crippen MR) is 74.4 cm³/mol. The average Bonchev–Trinajstić information content (AvgIpc) is 3.00. The fourth-order valence-corrected chi connectivity index (χ4v) is 2.30. The highest BCUT2D eigenvalue weighted by atomic mass is 16.7. The van der Waals surface area contributed by atoms with Gasteiger partial charge in [-0.15, -0.1) is 0 Å². The Morgan fingerprint density at radius 3 is 2.67 bits per heavy atom. The van der Waals surface area contributed by atoms with Crippen molar-refractivity contribution in [3.8, 4) is 28.7 Å². The summed E-state index contributed by atoms with van der Waals surface area (Å²) in [6.07, 6.45) is -0.134. The largest absolute Gasteiger partial charge is 0.489 e. The van der Waals surface area contributed by atoms with Crippen LogP contribution in [0.4, 0.5) is 0 Å². The Hall–Kier alpha value is -2.56. The zero-order valence-electron chi connectivity index (χ0n) is 11.3. The van der Waals surface area contributed by atoms with Gasteiger partial charge in [0.15, 0.2) is 29.1 Å². The van der Waals surface area contributed by atoms with Crippen LogP contribution in [0.15, 0.2) is 42.5 Å². The quantitative estimate of drug-likeness (QED) is 0.868. The third kappa shape index (κ3) is 2.42. The molecule has 2 aliphatic rings. The normalized spacial score (nSPS) is 18.4. The van der Waals surface area contributed by atoms with Crippen molar-refractivity contribution in [2.75, 3.05) is 20.0 Å². The number of benzene rings is 2. The van der Waals surface area contributed by atoms with Crippen molar-refractivity contribution in [1.29, 1.82) is 0 Å². The summed E-state index contributed by atoms with van der Waals surface area (Å²) < 4.78 is 27.8. The highest BCUT2D eigenvalue weighted by Crippen LogP contribution is 2.35. The number of fused-ring (bicyclic) bond motifs is 2. The van der Waals surface area contributed by atoms with Crippen LogP contribution < -0.4 is 23.7 Å². The molecule has 0 N–H and O–H groups in total. The van der Waals surface area contributed by atoms with E-state index in [2.05, 4.69) is 0 Å². The van der Waals surface area contributed by atoms with Gasteiger partial charge in [-0.2, -0.15) is 0 Å². The fraction of sp³-hybridized carbons (Fsp3) is 0.250. The minimum atomic E-state index is -0.134. The molecule has 0 aliphatic carbocycles. The molecule has 21 heavy (non-hydrogen) atoms. The monoisotopic (exact) mass is 286 g/mol. The van der Waals surface area contributed by atoms with E-state index < -0.39 is 0 Å². The molecule has 5 nitrogen and oxygen atoms in total. The van der Waals surface area contributed by atoms with Gasteiger partial charge in [-0.3, -0.25) is 0 Å². The molecular formula is C16H14O5. The molecule has 2 aliphatic heterocycles. The van der Waals surface area contributed by atoms with E-state index in [1.54, 1.807) is 0 Å². The molecule has 0 saturated carbocycles. The second kappa shape index (κ2) is 5.09. The van der Waals surface area contributed by atoms with Crippen molar-refractivity contribution < 1.29 is 23.7 Å². The lowest BCUT2D eigenvalue weighted by Gasteiger charge is -2.26. The van der Waals surface area contributed by atoms with Crippen molar-refractivity contribution >= 4 is 0 Å². The van der Waals surface area contributed by atoms with Gasteiger partial charge >= 0.3 is 0 Å². The molecule has 0 unspecified atom stereocenters. The summed E-state index contributed by atoms with van der Waals surface area (Å²) in [5.41, 5.74) is 0. The van der Waals surface area contributed by atoms with E-state index in [4.69, 9.17) is 23.7 Å². The molecule has 0 aromatic heterocycles. The van der Waals surface area contributed by atoms with E-state index >= 15 is 0 Å². The Labute approximate surface area is 122 Å². The van der Waals surface area contributed by atoms with Crippen LogP contribution in [0.2, 0.25) is 0 Å². The second-order valence-corrected chi connectivity index (χ2v) is 4.82. The summed E-state index contributed by atoms with van der Waals surface area (Å²) in [5.74, 6) is 3.70. The number of ether oxygens (including phenoxy) is 5. The van der Waals surface area contributed by atoms with Crippen LogP contribution in [-0.2, 0) is 0 Å². The Bertz CT molecular complexity index is 655. The number of para-hydroxylation sites is 2. The molecule has 0 fully saturated rings. The molecule has 2 heterocycles. The molecule has 0 saturated heterocycles. The van der Waals surface area contributed by atoms with Crippen LogP contribution >= 0.6 is 0 Å². The molecule has 2 aromatic rings. The minimum Gasteiger partial charge on any atom is -0.489 e. The molecule has 108 valence electrons. The molecule has 4 rings (SSSR count). The van der Waals surface area contributed by atoms with E-state index in [1.807, 2.05) is 42.5 Å². The maximum Gasteiger partial charge on any atom is 0.231 e. The van der Waals surface area contributed by atoms with Gasteiger partial charge in [0.2, 0.25) is 6.79 Å². The smallest absolute Gasteiger partial charge is 0.231 e. The van der Waals surface area contributed by atoms with Crippen molar-refractivity contribution in [3.63, 3.8) is 0 Å². The van der Waals surface area contributed by atoms with Gasteiger partial charge < -0.3 is 23.7 Å². The van der Waals surface area contributed by atoms with Crippen molar-refractivity contribution in [2.24, 2.45) is 0 Å². The van der Waals surface area contributed by atoms with E-state index in [9.17, 15) is 0 Å². The van der Waals surface area contributed by atoms with Gasteiger partial charge in [0.05, 0.1) is 0 Å². The van der Waals surface area contributed by atoms with Gasteiger partial charge in [0.1, 0.15) is 19.0 Å². The Balaban J connectivity index is 1.39. The fourth-order valence-electron chi connectivity index (χ4n) is 2.30. The minimum absolute atomic E-state index is 0.134. The zero-order chi connectivity index (χ0) is 14.1. The topological polar surface area (TPSA) is 46.2 Å². The summed E-state index contributed by atoms with van der Waals surface area (Å²) in [4.78, 5) is 0. The summed E-state index contributed by atoms with van der Waals surface area (Å²) >= 11 is 0. The van der Waals surface area contributed by atoms with Crippen LogP contribution in [-0.4, -0.2) is 26.1 Å². The van der Waals surface area contributed by atoms with Crippen molar-refractivity contribution in [2.45, 2.75) is 6.10 Å². The molecule has 1 atom stereocenters. The summed E-state index contributed by atoms with van der Waals surface area (Å²) in [7, 11) is 0. The first-order valence-corrected chi connectivity index (χ1v) is 6.79. The molecule has 0 radical (unpaired) electrons. The van der Waals surface area contributed by atoms with Crippen molar-refractivity contribution in [3.05, 3.63) is 42.5 Å². The van der Waals surface area contributed by atoms with E-state index in [0.29, 0.717) is 19.0 Å².